The molecule has 0 bridgehead atoms. The number of nitrogens with zero attached hydrogens (tertiary/aromatic N) is 1. The van der Waals surface area contributed by atoms with Crippen LogP contribution in [-0.2, 0) is 10.0 Å². The van der Waals surface area contributed by atoms with Crippen LogP contribution in [0.3, 0.4) is 0 Å². The van der Waals surface area contributed by atoms with Crippen molar-refractivity contribution in [1.82, 2.24) is 10.3 Å². The molecule has 0 atom stereocenters. The Labute approximate surface area is 130 Å². The zero-order valence-electron chi connectivity index (χ0n) is 11.4. The van der Waals surface area contributed by atoms with Crippen molar-refractivity contribution in [2.24, 2.45) is 0 Å². The van der Waals surface area contributed by atoms with Gasteiger partial charge in [-0.15, -0.1) is 4.83 Å². The summed E-state index contributed by atoms with van der Waals surface area (Å²) in [4.78, 5) is 23.2. The summed E-state index contributed by atoms with van der Waals surface area (Å²) in [7, 11) is -4.17. The van der Waals surface area contributed by atoms with Crippen LogP contribution < -0.4 is 10.3 Å². The molecule has 1 amide bonds. The number of hydrogen-bond donors (Lipinski definition) is 2. The number of nitro benzene ring substituents is 1. The van der Waals surface area contributed by atoms with Crippen LogP contribution in [0.25, 0.3) is 0 Å². The third-order valence-corrected chi connectivity index (χ3v) is 3.97. The average Bonchev–Trinajstić information content (AvgIpc) is 2.53. The van der Waals surface area contributed by atoms with Crippen LogP contribution in [0, 0.1) is 15.9 Å². The largest absolute Gasteiger partial charge is 0.273 e. The van der Waals surface area contributed by atoms with E-state index in [2.05, 4.69) is 0 Å². The number of carbonyl (C=O) groups excluding carboxylic acids is 1. The number of nitro groups is 1. The van der Waals surface area contributed by atoms with Crippen LogP contribution >= 0.6 is 0 Å². The van der Waals surface area contributed by atoms with E-state index in [1.165, 1.54) is 24.3 Å². The first-order chi connectivity index (χ1) is 10.8. The SMILES string of the molecule is O=C(NNS(=O)(=O)c1cccc(F)c1)c1cccc([N+](=O)[O-])c1. The predicted molar refractivity (Wildman–Crippen MR) is 77.3 cm³/mol. The van der Waals surface area contributed by atoms with Gasteiger partial charge in [0.25, 0.3) is 21.6 Å². The molecule has 10 heteroatoms. The van der Waals surface area contributed by atoms with E-state index < -0.39 is 26.7 Å². The van der Waals surface area contributed by atoms with Crippen molar-refractivity contribution in [2.45, 2.75) is 4.90 Å². The molecule has 0 saturated heterocycles. The van der Waals surface area contributed by atoms with Gasteiger partial charge in [0.15, 0.2) is 0 Å². The van der Waals surface area contributed by atoms with Crippen molar-refractivity contribution in [3.63, 3.8) is 0 Å². The standard InChI is InChI=1S/C13H10FN3O5S/c14-10-4-2-6-12(8-10)23(21,22)16-15-13(18)9-3-1-5-11(7-9)17(19)20/h1-8,16H,(H,15,18). The van der Waals surface area contributed by atoms with E-state index in [0.717, 1.165) is 24.3 Å². The van der Waals surface area contributed by atoms with Crippen LogP contribution in [0.15, 0.2) is 53.4 Å². The number of sulfonamides is 1. The van der Waals surface area contributed by atoms with Gasteiger partial charge in [-0.05, 0) is 24.3 Å². The highest BCUT2D eigenvalue weighted by Gasteiger charge is 2.17. The first kappa shape index (κ1) is 16.5. The lowest BCUT2D eigenvalue weighted by Crippen LogP contribution is -2.41. The fourth-order valence-corrected chi connectivity index (χ4v) is 2.51. The topological polar surface area (TPSA) is 118 Å². The van der Waals surface area contributed by atoms with Crippen molar-refractivity contribution in [3.8, 4) is 0 Å². The lowest BCUT2D eigenvalue weighted by atomic mass is 10.2. The van der Waals surface area contributed by atoms with Crippen LogP contribution in [0.1, 0.15) is 10.4 Å². The molecular formula is C13H10FN3O5S. The first-order valence-corrected chi connectivity index (χ1v) is 7.60. The van der Waals surface area contributed by atoms with Gasteiger partial charge in [0.1, 0.15) is 5.82 Å². The molecule has 0 aliphatic rings. The minimum Gasteiger partial charge on any atom is -0.273 e. The van der Waals surface area contributed by atoms with E-state index in [9.17, 15) is 27.7 Å². The lowest BCUT2D eigenvalue weighted by molar-refractivity contribution is -0.384. The molecule has 0 aromatic heterocycles. The third kappa shape index (κ3) is 4.08. The van der Waals surface area contributed by atoms with Crippen LogP contribution in [0.2, 0.25) is 0 Å². The number of rotatable bonds is 5. The number of hydrogen-bond acceptors (Lipinski definition) is 5. The molecule has 8 nitrogen and oxygen atoms in total. The zero-order valence-corrected chi connectivity index (χ0v) is 12.2. The molecule has 0 fully saturated rings. The van der Waals surface area contributed by atoms with E-state index in [-0.39, 0.29) is 16.1 Å². The highest BCUT2D eigenvalue weighted by Crippen LogP contribution is 2.13. The summed E-state index contributed by atoms with van der Waals surface area (Å²) in [6.07, 6.45) is 0. The van der Waals surface area contributed by atoms with Gasteiger partial charge in [0.05, 0.1) is 9.82 Å². The normalized spacial score (nSPS) is 11.0. The maximum absolute atomic E-state index is 13.0. The van der Waals surface area contributed by atoms with Crippen LogP contribution in [0.5, 0.6) is 0 Å². The number of hydrazine groups is 1. The highest BCUT2D eigenvalue weighted by molar-refractivity contribution is 7.89. The average molecular weight is 339 g/mol. The quantitative estimate of drug-likeness (QED) is 0.630. The highest BCUT2D eigenvalue weighted by atomic mass is 32.2. The van der Waals surface area contributed by atoms with E-state index >= 15 is 0 Å². The summed E-state index contributed by atoms with van der Waals surface area (Å²) < 4.78 is 36.8. The van der Waals surface area contributed by atoms with E-state index in [4.69, 9.17) is 0 Å². The molecule has 0 unspecified atom stereocenters. The maximum Gasteiger partial charge on any atom is 0.270 e. The Morgan fingerprint density at radius 3 is 2.48 bits per heavy atom. The summed E-state index contributed by atoms with van der Waals surface area (Å²) in [5, 5.41) is 10.6. The third-order valence-electron chi connectivity index (χ3n) is 2.72. The summed E-state index contributed by atoms with van der Waals surface area (Å²) in [6, 6.07) is 8.94. The fourth-order valence-electron chi connectivity index (χ4n) is 1.64. The fraction of sp³-hybridized carbons (Fsp3) is 0. The summed E-state index contributed by atoms with van der Waals surface area (Å²) in [5.41, 5.74) is 1.48. The van der Waals surface area contributed by atoms with Gasteiger partial charge in [-0.25, -0.2) is 12.8 Å². The Balaban J connectivity index is 2.12. The second-order valence-corrected chi connectivity index (χ2v) is 6.01. The summed E-state index contributed by atoms with van der Waals surface area (Å²) in [6.45, 7) is 0. The van der Waals surface area contributed by atoms with Gasteiger partial charge in [-0.3, -0.25) is 20.3 Å². The molecule has 2 N–H and O–H groups in total. The number of halogens is 1. The zero-order chi connectivity index (χ0) is 17.0. The van der Waals surface area contributed by atoms with Gasteiger partial charge in [0.2, 0.25) is 0 Å². The van der Waals surface area contributed by atoms with Crippen molar-refractivity contribution in [3.05, 3.63) is 70.0 Å². The Hall–Kier alpha value is -2.85. The molecule has 0 radical (unpaired) electrons. The number of benzene rings is 2. The van der Waals surface area contributed by atoms with Gasteiger partial charge >= 0.3 is 0 Å². The van der Waals surface area contributed by atoms with Gasteiger partial charge in [0, 0.05) is 17.7 Å². The number of non-ortho nitro benzene ring substituents is 1. The Morgan fingerprint density at radius 1 is 1.13 bits per heavy atom. The minimum atomic E-state index is -4.17. The number of amides is 1. The molecule has 0 aliphatic heterocycles. The molecule has 0 saturated carbocycles. The molecule has 0 aliphatic carbocycles. The minimum absolute atomic E-state index is 0.110. The molecule has 120 valence electrons. The van der Waals surface area contributed by atoms with Gasteiger partial charge in [-0.1, -0.05) is 12.1 Å². The predicted octanol–water partition coefficient (Wildman–Crippen LogP) is 1.36. The second kappa shape index (κ2) is 6.50. The molecule has 2 rings (SSSR count). The van der Waals surface area contributed by atoms with Gasteiger partial charge in [-0.2, -0.15) is 0 Å². The molecule has 0 spiro atoms. The van der Waals surface area contributed by atoms with E-state index in [1.54, 1.807) is 4.83 Å². The maximum atomic E-state index is 13.0. The van der Waals surface area contributed by atoms with E-state index in [0.29, 0.717) is 0 Å². The smallest absolute Gasteiger partial charge is 0.270 e. The number of carbonyl (C=O) groups is 1. The lowest BCUT2D eigenvalue weighted by Gasteiger charge is -2.08. The Bertz CT molecular complexity index is 869. The molecule has 2 aromatic rings. The Morgan fingerprint density at radius 2 is 1.83 bits per heavy atom. The van der Waals surface area contributed by atoms with Crippen molar-refractivity contribution < 1.29 is 22.5 Å². The van der Waals surface area contributed by atoms with Crippen molar-refractivity contribution >= 4 is 21.6 Å². The van der Waals surface area contributed by atoms with Gasteiger partial charge < -0.3 is 0 Å². The molecular weight excluding hydrogens is 329 g/mol. The molecule has 0 heterocycles. The summed E-state index contributed by atoms with van der Waals surface area (Å²) in [5.74, 6) is -1.65. The first-order valence-electron chi connectivity index (χ1n) is 6.12. The molecule has 2 aromatic carbocycles. The van der Waals surface area contributed by atoms with Crippen molar-refractivity contribution in [1.29, 1.82) is 0 Å². The van der Waals surface area contributed by atoms with Crippen LogP contribution in [0.4, 0.5) is 10.1 Å². The Kier molecular flexibility index (Phi) is 4.67. The monoisotopic (exact) mass is 339 g/mol. The number of nitrogens with one attached hydrogen (secondary N) is 2. The summed E-state index contributed by atoms with van der Waals surface area (Å²) >= 11 is 0. The van der Waals surface area contributed by atoms with E-state index in [1.807, 2.05) is 5.43 Å². The second-order valence-electron chi connectivity index (χ2n) is 4.32. The van der Waals surface area contributed by atoms with Crippen LogP contribution in [-0.4, -0.2) is 19.2 Å². The molecule has 23 heavy (non-hydrogen) atoms. The van der Waals surface area contributed by atoms with Crippen molar-refractivity contribution in [2.75, 3.05) is 0 Å².